The molecule has 2 nitrogen and oxygen atoms in total. The molecule has 0 saturated carbocycles. The van der Waals surface area contributed by atoms with E-state index in [2.05, 4.69) is 36.5 Å². The van der Waals surface area contributed by atoms with Crippen molar-refractivity contribution in [2.45, 2.75) is 25.2 Å². The molecule has 0 bridgehead atoms. The summed E-state index contributed by atoms with van der Waals surface area (Å²) in [6.45, 7) is 5.02. The Morgan fingerprint density at radius 1 is 1.25 bits per heavy atom. The van der Waals surface area contributed by atoms with E-state index in [0.717, 1.165) is 32.6 Å². The Kier molecular flexibility index (Phi) is 3.62. The van der Waals surface area contributed by atoms with Gasteiger partial charge in [0.25, 0.3) is 0 Å². The van der Waals surface area contributed by atoms with Crippen LogP contribution in [0.3, 0.4) is 0 Å². The second-order valence-corrected chi connectivity index (χ2v) is 4.74. The first-order valence-corrected chi connectivity index (χ1v) is 6.07. The molecule has 2 heteroatoms. The molecular formula is C14H21NO. The second-order valence-electron chi connectivity index (χ2n) is 4.74. The van der Waals surface area contributed by atoms with E-state index < -0.39 is 0 Å². The van der Waals surface area contributed by atoms with Crippen molar-refractivity contribution in [3.8, 4) is 0 Å². The predicted molar refractivity (Wildman–Crippen MR) is 66.8 cm³/mol. The van der Waals surface area contributed by atoms with Crippen LogP contribution in [0.25, 0.3) is 0 Å². The van der Waals surface area contributed by atoms with Crippen molar-refractivity contribution in [3.05, 3.63) is 35.4 Å². The van der Waals surface area contributed by atoms with E-state index in [0.29, 0.717) is 0 Å². The van der Waals surface area contributed by atoms with Gasteiger partial charge in [-0.2, -0.15) is 0 Å². The van der Waals surface area contributed by atoms with Crippen molar-refractivity contribution in [1.82, 2.24) is 5.32 Å². The summed E-state index contributed by atoms with van der Waals surface area (Å²) in [6.07, 6.45) is 2.25. The number of rotatable bonds is 3. The summed E-state index contributed by atoms with van der Waals surface area (Å²) in [7, 11) is 2.04. The molecule has 0 unspecified atom stereocenters. The maximum atomic E-state index is 5.50. The van der Waals surface area contributed by atoms with Gasteiger partial charge < -0.3 is 10.1 Å². The normalized spacial score (nSPS) is 19.6. The number of aryl methyl sites for hydroxylation is 1. The SMILES string of the molecule is CNCC1(c2ccccc2C)CCOCC1. The monoisotopic (exact) mass is 219 g/mol. The number of hydrogen-bond donors (Lipinski definition) is 1. The van der Waals surface area contributed by atoms with Crippen LogP contribution in [-0.2, 0) is 10.2 Å². The van der Waals surface area contributed by atoms with Crippen molar-refractivity contribution in [2.75, 3.05) is 26.8 Å². The van der Waals surface area contributed by atoms with E-state index in [-0.39, 0.29) is 5.41 Å². The Morgan fingerprint density at radius 3 is 2.56 bits per heavy atom. The van der Waals surface area contributed by atoms with E-state index in [1.807, 2.05) is 7.05 Å². The molecule has 0 radical (unpaired) electrons. The van der Waals surface area contributed by atoms with Crippen LogP contribution < -0.4 is 5.32 Å². The lowest BCUT2D eigenvalue weighted by atomic mass is 9.72. The third kappa shape index (κ3) is 2.13. The average Bonchev–Trinajstić information content (AvgIpc) is 2.31. The Bertz CT molecular complexity index is 337. The maximum Gasteiger partial charge on any atom is 0.0475 e. The molecule has 1 aliphatic rings. The average molecular weight is 219 g/mol. The topological polar surface area (TPSA) is 21.3 Å². The highest BCUT2D eigenvalue weighted by atomic mass is 16.5. The van der Waals surface area contributed by atoms with Crippen LogP contribution in [-0.4, -0.2) is 26.8 Å². The van der Waals surface area contributed by atoms with Crippen LogP contribution in [0.15, 0.2) is 24.3 Å². The minimum atomic E-state index is 0.276. The van der Waals surface area contributed by atoms with Crippen molar-refractivity contribution < 1.29 is 4.74 Å². The minimum absolute atomic E-state index is 0.276. The quantitative estimate of drug-likeness (QED) is 0.842. The van der Waals surface area contributed by atoms with E-state index in [4.69, 9.17) is 4.74 Å². The molecule has 1 fully saturated rings. The van der Waals surface area contributed by atoms with Gasteiger partial charge in [0.15, 0.2) is 0 Å². The van der Waals surface area contributed by atoms with Crippen LogP contribution in [0, 0.1) is 6.92 Å². The molecule has 1 N–H and O–H groups in total. The molecule has 1 aliphatic heterocycles. The maximum absolute atomic E-state index is 5.50. The van der Waals surface area contributed by atoms with E-state index in [1.54, 1.807) is 0 Å². The molecule has 1 aromatic carbocycles. The summed E-state index contributed by atoms with van der Waals surface area (Å²) < 4.78 is 5.50. The predicted octanol–water partition coefficient (Wildman–Crippen LogP) is 2.26. The summed E-state index contributed by atoms with van der Waals surface area (Å²) in [4.78, 5) is 0. The number of benzene rings is 1. The number of nitrogens with one attached hydrogen (secondary N) is 1. The number of hydrogen-bond acceptors (Lipinski definition) is 2. The van der Waals surface area contributed by atoms with Crippen LogP contribution in [0.5, 0.6) is 0 Å². The van der Waals surface area contributed by atoms with E-state index in [1.165, 1.54) is 11.1 Å². The van der Waals surface area contributed by atoms with Gasteiger partial charge in [-0.1, -0.05) is 24.3 Å². The van der Waals surface area contributed by atoms with Gasteiger partial charge >= 0.3 is 0 Å². The summed E-state index contributed by atoms with van der Waals surface area (Å²) in [6, 6.07) is 8.75. The first-order valence-electron chi connectivity index (χ1n) is 6.07. The zero-order valence-corrected chi connectivity index (χ0v) is 10.3. The Labute approximate surface area is 98.0 Å². The highest BCUT2D eigenvalue weighted by molar-refractivity contribution is 5.34. The highest BCUT2D eigenvalue weighted by Gasteiger charge is 2.34. The van der Waals surface area contributed by atoms with Gasteiger partial charge in [0.2, 0.25) is 0 Å². The largest absolute Gasteiger partial charge is 0.381 e. The molecule has 1 saturated heterocycles. The molecule has 0 aliphatic carbocycles. The van der Waals surface area contributed by atoms with Gasteiger partial charge in [-0.15, -0.1) is 0 Å². The molecule has 2 rings (SSSR count). The lowest BCUT2D eigenvalue weighted by Crippen LogP contribution is -2.42. The molecule has 16 heavy (non-hydrogen) atoms. The summed E-state index contributed by atoms with van der Waals surface area (Å²) in [5.41, 5.74) is 3.17. The van der Waals surface area contributed by atoms with Crippen molar-refractivity contribution >= 4 is 0 Å². The molecule has 1 aromatic rings. The van der Waals surface area contributed by atoms with Crippen molar-refractivity contribution in [1.29, 1.82) is 0 Å². The zero-order chi connectivity index (χ0) is 11.4. The molecule has 0 aromatic heterocycles. The van der Waals surface area contributed by atoms with E-state index in [9.17, 15) is 0 Å². The minimum Gasteiger partial charge on any atom is -0.381 e. The molecule has 88 valence electrons. The van der Waals surface area contributed by atoms with Crippen molar-refractivity contribution in [2.24, 2.45) is 0 Å². The highest BCUT2D eigenvalue weighted by Crippen LogP contribution is 2.35. The van der Waals surface area contributed by atoms with Crippen LogP contribution in [0.1, 0.15) is 24.0 Å². The number of ether oxygens (including phenoxy) is 1. The second kappa shape index (κ2) is 4.98. The van der Waals surface area contributed by atoms with Crippen LogP contribution >= 0.6 is 0 Å². The van der Waals surface area contributed by atoms with Gasteiger partial charge in [0.1, 0.15) is 0 Å². The molecular weight excluding hydrogens is 198 g/mol. The molecule has 0 spiro atoms. The molecule has 0 atom stereocenters. The molecule has 1 heterocycles. The fraction of sp³-hybridized carbons (Fsp3) is 0.571. The van der Waals surface area contributed by atoms with Gasteiger partial charge in [0, 0.05) is 25.2 Å². The summed E-state index contributed by atoms with van der Waals surface area (Å²) in [5, 5.41) is 3.35. The lowest BCUT2D eigenvalue weighted by Gasteiger charge is -2.38. The standard InChI is InChI=1S/C14H21NO/c1-12-5-3-4-6-13(12)14(11-15-2)7-9-16-10-8-14/h3-6,15H,7-11H2,1-2H3. The van der Waals surface area contributed by atoms with Crippen molar-refractivity contribution in [3.63, 3.8) is 0 Å². The van der Waals surface area contributed by atoms with E-state index >= 15 is 0 Å². The van der Waals surface area contributed by atoms with Gasteiger partial charge in [0.05, 0.1) is 0 Å². The summed E-state index contributed by atoms with van der Waals surface area (Å²) >= 11 is 0. The van der Waals surface area contributed by atoms with Gasteiger partial charge in [-0.05, 0) is 37.9 Å². The van der Waals surface area contributed by atoms with Crippen LogP contribution in [0.4, 0.5) is 0 Å². The van der Waals surface area contributed by atoms with Gasteiger partial charge in [-0.25, -0.2) is 0 Å². The number of likely N-dealkylation sites (N-methyl/N-ethyl adjacent to an activating group) is 1. The first-order chi connectivity index (χ1) is 7.78. The third-order valence-corrected chi connectivity index (χ3v) is 3.68. The Morgan fingerprint density at radius 2 is 1.94 bits per heavy atom. The summed E-state index contributed by atoms with van der Waals surface area (Å²) in [5.74, 6) is 0. The Hall–Kier alpha value is -0.860. The first kappa shape index (κ1) is 11.6. The smallest absolute Gasteiger partial charge is 0.0475 e. The van der Waals surface area contributed by atoms with Crippen LogP contribution in [0.2, 0.25) is 0 Å². The fourth-order valence-electron chi connectivity index (χ4n) is 2.81. The Balaban J connectivity index is 2.34. The third-order valence-electron chi connectivity index (χ3n) is 3.68. The fourth-order valence-corrected chi connectivity index (χ4v) is 2.81. The lowest BCUT2D eigenvalue weighted by molar-refractivity contribution is 0.0504. The molecule has 0 amide bonds. The van der Waals surface area contributed by atoms with Gasteiger partial charge in [-0.3, -0.25) is 0 Å². The zero-order valence-electron chi connectivity index (χ0n) is 10.3.